The van der Waals surface area contributed by atoms with E-state index in [1.807, 2.05) is 35.2 Å². The molecule has 0 aliphatic carbocycles. The molecule has 0 aromatic heterocycles. The molecule has 3 rings (SSSR count). The number of nitrogens with zero attached hydrogens (tertiary/aromatic N) is 1. The molecule has 1 aliphatic rings. The van der Waals surface area contributed by atoms with Crippen LogP contribution in [0.15, 0.2) is 54.6 Å². The van der Waals surface area contributed by atoms with E-state index in [-0.39, 0.29) is 19.0 Å². The van der Waals surface area contributed by atoms with E-state index in [9.17, 15) is 14.4 Å². The molecule has 1 atom stereocenters. The van der Waals surface area contributed by atoms with Crippen LogP contribution in [0.1, 0.15) is 21.5 Å². The molecule has 0 bridgehead atoms. The first-order valence-electron chi connectivity index (χ1n) is 10.5. The van der Waals surface area contributed by atoms with Crippen molar-refractivity contribution in [2.24, 2.45) is 0 Å². The van der Waals surface area contributed by atoms with E-state index in [2.05, 4.69) is 22.5 Å². The maximum atomic E-state index is 12.6. The molecular formula is C24H26N4O5. The van der Waals surface area contributed by atoms with E-state index in [1.54, 1.807) is 24.3 Å². The summed E-state index contributed by atoms with van der Waals surface area (Å²) in [7, 11) is 0. The van der Waals surface area contributed by atoms with E-state index in [1.165, 1.54) is 5.48 Å². The number of amides is 3. The number of ether oxygens (including phenoxy) is 1. The van der Waals surface area contributed by atoms with Gasteiger partial charge in [-0.1, -0.05) is 30.0 Å². The van der Waals surface area contributed by atoms with Crippen LogP contribution in [-0.2, 0) is 14.3 Å². The highest BCUT2D eigenvalue weighted by Gasteiger charge is 2.22. The highest BCUT2D eigenvalue weighted by molar-refractivity contribution is 5.97. The van der Waals surface area contributed by atoms with E-state index < -0.39 is 17.9 Å². The predicted octanol–water partition coefficient (Wildman–Crippen LogP) is 0.139. The number of rotatable bonds is 7. The fourth-order valence-corrected chi connectivity index (χ4v) is 3.13. The SMILES string of the molecule is O=C(CN1CCOCC1)NC[C@H](NC(=O)c1ccc(C#Cc2ccccc2)cc1)C(=O)NO. The van der Waals surface area contributed by atoms with Crippen LogP contribution in [-0.4, -0.2) is 73.3 Å². The van der Waals surface area contributed by atoms with Crippen molar-refractivity contribution in [2.75, 3.05) is 39.4 Å². The summed E-state index contributed by atoms with van der Waals surface area (Å²) in [5.41, 5.74) is 3.45. The average Bonchev–Trinajstić information content (AvgIpc) is 2.86. The molecule has 0 unspecified atom stereocenters. The van der Waals surface area contributed by atoms with Crippen LogP contribution >= 0.6 is 0 Å². The van der Waals surface area contributed by atoms with Gasteiger partial charge in [-0.3, -0.25) is 24.5 Å². The first-order chi connectivity index (χ1) is 16.0. The van der Waals surface area contributed by atoms with Crippen molar-refractivity contribution in [3.05, 3.63) is 71.3 Å². The summed E-state index contributed by atoms with van der Waals surface area (Å²) in [6.07, 6.45) is 0. The smallest absolute Gasteiger partial charge is 0.267 e. The third-order valence-electron chi connectivity index (χ3n) is 4.98. The van der Waals surface area contributed by atoms with Crippen molar-refractivity contribution >= 4 is 17.7 Å². The molecule has 1 heterocycles. The highest BCUT2D eigenvalue weighted by atomic mass is 16.5. The van der Waals surface area contributed by atoms with Gasteiger partial charge in [0.1, 0.15) is 6.04 Å². The second-order valence-corrected chi connectivity index (χ2v) is 7.39. The predicted molar refractivity (Wildman–Crippen MR) is 120 cm³/mol. The molecule has 1 saturated heterocycles. The summed E-state index contributed by atoms with van der Waals surface area (Å²) in [4.78, 5) is 38.7. The topological polar surface area (TPSA) is 120 Å². The number of morpholine rings is 1. The van der Waals surface area contributed by atoms with Gasteiger partial charge in [0.15, 0.2) is 0 Å². The highest BCUT2D eigenvalue weighted by Crippen LogP contribution is 2.05. The Bertz CT molecular complexity index is 1010. The summed E-state index contributed by atoms with van der Waals surface area (Å²) >= 11 is 0. The number of carbonyl (C=O) groups excluding carboxylic acids is 3. The summed E-state index contributed by atoms with van der Waals surface area (Å²) in [5.74, 6) is 4.42. The molecule has 0 radical (unpaired) electrons. The zero-order valence-corrected chi connectivity index (χ0v) is 18.0. The van der Waals surface area contributed by atoms with Gasteiger partial charge in [0.25, 0.3) is 11.8 Å². The Labute approximate surface area is 192 Å². The van der Waals surface area contributed by atoms with E-state index in [0.29, 0.717) is 31.9 Å². The zero-order valence-electron chi connectivity index (χ0n) is 18.0. The van der Waals surface area contributed by atoms with Gasteiger partial charge in [-0.15, -0.1) is 0 Å². The average molecular weight is 450 g/mol. The molecule has 172 valence electrons. The third kappa shape index (κ3) is 7.73. The standard InChI is InChI=1S/C24H26N4O5/c29-22(17-28-12-14-33-15-13-28)25-16-21(24(31)27-32)26-23(30)20-10-8-19(9-11-20)7-6-18-4-2-1-3-5-18/h1-5,8-11,21,32H,12-17H2,(H,25,29)(H,26,30)(H,27,31)/t21-/m0/s1. The van der Waals surface area contributed by atoms with Gasteiger partial charge in [0.2, 0.25) is 5.91 Å². The van der Waals surface area contributed by atoms with Crippen molar-refractivity contribution in [1.82, 2.24) is 21.0 Å². The number of carbonyl (C=O) groups is 3. The zero-order chi connectivity index (χ0) is 23.5. The Hall–Kier alpha value is -3.71. The van der Waals surface area contributed by atoms with Crippen LogP contribution in [0, 0.1) is 11.8 Å². The van der Waals surface area contributed by atoms with Crippen LogP contribution in [0.4, 0.5) is 0 Å². The van der Waals surface area contributed by atoms with E-state index in [4.69, 9.17) is 9.94 Å². The lowest BCUT2D eigenvalue weighted by molar-refractivity contribution is -0.131. The molecule has 4 N–H and O–H groups in total. The minimum absolute atomic E-state index is 0.163. The number of hydrogen-bond acceptors (Lipinski definition) is 6. The van der Waals surface area contributed by atoms with Gasteiger partial charge in [0.05, 0.1) is 19.8 Å². The van der Waals surface area contributed by atoms with Gasteiger partial charge in [-0.25, -0.2) is 5.48 Å². The first-order valence-corrected chi connectivity index (χ1v) is 10.5. The van der Waals surface area contributed by atoms with Crippen LogP contribution in [0.3, 0.4) is 0 Å². The molecule has 33 heavy (non-hydrogen) atoms. The minimum atomic E-state index is -1.14. The fraction of sp³-hybridized carbons (Fsp3) is 0.292. The Kier molecular flexibility index (Phi) is 8.97. The van der Waals surface area contributed by atoms with Crippen molar-refractivity contribution < 1.29 is 24.3 Å². The van der Waals surface area contributed by atoms with Crippen LogP contribution in [0.25, 0.3) is 0 Å². The van der Waals surface area contributed by atoms with Gasteiger partial charge < -0.3 is 15.4 Å². The molecule has 2 aromatic rings. The Balaban J connectivity index is 1.55. The monoisotopic (exact) mass is 450 g/mol. The maximum Gasteiger partial charge on any atom is 0.267 e. The second-order valence-electron chi connectivity index (χ2n) is 7.39. The lowest BCUT2D eigenvalue weighted by Gasteiger charge is -2.26. The normalized spacial score (nSPS) is 14.3. The lowest BCUT2D eigenvalue weighted by Crippen LogP contribution is -2.53. The van der Waals surface area contributed by atoms with Gasteiger partial charge in [-0.2, -0.15) is 0 Å². The van der Waals surface area contributed by atoms with Crippen LogP contribution in [0.5, 0.6) is 0 Å². The molecular weight excluding hydrogens is 424 g/mol. The van der Waals surface area contributed by atoms with Crippen LogP contribution < -0.4 is 16.1 Å². The van der Waals surface area contributed by atoms with Crippen molar-refractivity contribution in [1.29, 1.82) is 0 Å². The molecule has 1 fully saturated rings. The first kappa shape index (κ1) is 23.9. The summed E-state index contributed by atoms with van der Waals surface area (Å²) < 4.78 is 5.24. The molecule has 0 spiro atoms. The molecule has 0 saturated carbocycles. The second kappa shape index (κ2) is 12.4. The van der Waals surface area contributed by atoms with Crippen molar-refractivity contribution in [2.45, 2.75) is 6.04 Å². The summed E-state index contributed by atoms with van der Waals surface area (Å²) in [6.45, 7) is 2.43. The quantitative estimate of drug-likeness (QED) is 0.271. The number of benzene rings is 2. The van der Waals surface area contributed by atoms with E-state index in [0.717, 1.165) is 11.1 Å². The third-order valence-corrected chi connectivity index (χ3v) is 4.98. The number of nitrogens with one attached hydrogen (secondary N) is 3. The van der Waals surface area contributed by atoms with Gasteiger partial charge in [-0.05, 0) is 36.4 Å². The Morgan fingerprint density at radius 3 is 2.24 bits per heavy atom. The molecule has 3 amide bonds. The molecule has 9 nitrogen and oxygen atoms in total. The van der Waals surface area contributed by atoms with E-state index >= 15 is 0 Å². The van der Waals surface area contributed by atoms with Crippen molar-refractivity contribution in [3.8, 4) is 11.8 Å². The van der Waals surface area contributed by atoms with Gasteiger partial charge in [0, 0.05) is 36.3 Å². The summed E-state index contributed by atoms with van der Waals surface area (Å²) in [5, 5.41) is 14.1. The number of hydrogen-bond donors (Lipinski definition) is 4. The Morgan fingerprint density at radius 2 is 1.61 bits per heavy atom. The molecule has 1 aliphatic heterocycles. The van der Waals surface area contributed by atoms with Crippen molar-refractivity contribution in [3.63, 3.8) is 0 Å². The fourth-order valence-electron chi connectivity index (χ4n) is 3.13. The maximum absolute atomic E-state index is 12.6. The largest absolute Gasteiger partial charge is 0.379 e. The Morgan fingerprint density at radius 1 is 0.970 bits per heavy atom. The minimum Gasteiger partial charge on any atom is -0.379 e. The summed E-state index contributed by atoms with van der Waals surface area (Å²) in [6, 6.07) is 15.0. The molecule has 9 heteroatoms. The van der Waals surface area contributed by atoms with Crippen LogP contribution in [0.2, 0.25) is 0 Å². The molecule has 2 aromatic carbocycles. The lowest BCUT2D eigenvalue weighted by atomic mass is 10.1. The number of hydroxylamine groups is 1. The van der Waals surface area contributed by atoms with Gasteiger partial charge >= 0.3 is 0 Å².